The maximum Gasteiger partial charge on any atom is 0.292 e. The Morgan fingerprint density at radius 1 is 1.13 bits per heavy atom. The summed E-state index contributed by atoms with van der Waals surface area (Å²) in [5.41, 5.74) is 3.83. The van der Waals surface area contributed by atoms with Crippen molar-refractivity contribution >= 4 is 17.1 Å². The van der Waals surface area contributed by atoms with Gasteiger partial charge in [-0.2, -0.15) is 0 Å². The second-order valence-corrected chi connectivity index (χ2v) is 5.67. The monoisotopic (exact) mass is 309 g/mol. The SMILES string of the molecule is Cc1ccc(NCc2ccc(N3CC=CC3)cc2)c([N+](=O)[O-])c1. The molecule has 5 nitrogen and oxygen atoms in total. The van der Waals surface area contributed by atoms with E-state index in [-0.39, 0.29) is 10.6 Å². The third-order valence-electron chi connectivity index (χ3n) is 3.95. The number of nitrogens with zero attached hydrogens (tertiary/aromatic N) is 2. The van der Waals surface area contributed by atoms with Gasteiger partial charge in [0.25, 0.3) is 5.69 Å². The molecule has 0 atom stereocenters. The van der Waals surface area contributed by atoms with Crippen LogP contribution >= 0.6 is 0 Å². The summed E-state index contributed by atoms with van der Waals surface area (Å²) in [4.78, 5) is 13.1. The van der Waals surface area contributed by atoms with E-state index in [1.165, 1.54) is 5.69 Å². The van der Waals surface area contributed by atoms with Crippen molar-refractivity contribution in [2.24, 2.45) is 0 Å². The van der Waals surface area contributed by atoms with Gasteiger partial charge in [-0.25, -0.2) is 0 Å². The van der Waals surface area contributed by atoms with E-state index in [1.807, 2.05) is 13.0 Å². The Labute approximate surface area is 135 Å². The molecule has 1 N–H and O–H groups in total. The first kappa shape index (κ1) is 15.1. The van der Waals surface area contributed by atoms with Crippen LogP contribution in [0.3, 0.4) is 0 Å². The van der Waals surface area contributed by atoms with Crippen molar-refractivity contribution in [2.75, 3.05) is 23.3 Å². The average molecular weight is 309 g/mol. The highest BCUT2D eigenvalue weighted by molar-refractivity contribution is 5.62. The molecule has 0 unspecified atom stereocenters. The van der Waals surface area contributed by atoms with Crippen molar-refractivity contribution in [1.29, 1.82) is 0 Å². The van der Waals surface area contributed by atoms with Crippen LogP contribution in [0.2, 0.25) is 0 Å². The quantitative estimate of drug-likeness (QED) is 0.517. The molecule has 0 spiro atoms. The Morgan fingerprint density at radius 2 is 1.83 bits per heavy atom. The first-order valence-electron chi connectivity index (χ1n) is 7.61. The van der Waals surface area contributed by atoms with Gasteiger partial charge in [0.05, 0.1) is 4.92 Å². The van der Waals surface area contributed by atoms with Crippen LogP contribution in [0.5, 0.6) is 0 Å². The first-order valence-corrected chi connectivity index (χ1v) is 7.61. The lowest BCUT2D eigenvalue weighted by Gasteiger charge is -2.18. The summed E-state index contributed by atoms with van der Waals surface area (Å²) in [6.07, 6.45) is 4.32. The number of hydrogen-bond donors (Lipinski definition) is 1. The van der Waals surface area contributed by atoms with Gasteiger partial charge in [-0.1, -0.05) is 30.4 Å². The molecule has 1 heterocycles. The second-order valence-electron chi connectivity index (χ2n) is 5.67. The molecule has 0 amide bonds. The molecule has 3 rings (SSSR count). The lowest BCUT2D eigenvalue weighted by molar-refractivity contribution is -0.384. The van der Waals surface area contributed by atoms with Gasteiger partial charge in [0, 0.05) is 31.4 Å². The number of nitro groups is 1. The minimum Gasteiger partial charge on any atom is -0.375 e. The highest BCUT2D eigenvalue weighted by Crippen LogP contribution is 2.26. The van der Waals surface area contributed by atoms with Crippen LogP contribution in [0.4, 0.5) is 17.1 Å². The Hall–Kier alpha value is -2.82. The summed E-state index contributed by atoms with van der Waals surface area (Å²) in [5, 5.41) is 14.3. The van der Waals surface area contributed by atoms with Crippen LogP contribution in [0.1, 0.15) is 11.1 Å². The van der Waals surface area contributed by atoms with Crippen molar-refractivity contribution in [3.8, 4) is 0 Å². The maximum atomic E-state index is 11.1. The molecule has 0 saturated heterocycles. The average Bonchev–Trinajstić information content (AvgIpc) is 3.08. The summed E-state index contributed by atoms with van der Waals surface area (Å²) < 4.78 is 0. The van der Waals surface area contributed by atoms with Gasteiger partial charge in [-0.3, -0.25) is 10.1 Å². The van der Waals surface area contributed by atoms with Crippen molar-refractivity contribution in [3.05, 3.63) is 75.9 Å². The highest BCUT2D eigenvalue weighted by Gasteiger charge is 2.13. The predicted octanol–water partition coefficient (Wildman–Crippen LogP) is 3.89. The summed E-state index contributed by atoms with van der Waals surface area (Å²) in [6, 6.07) is 13.5. The zero-order valence-electron chi connectivity index (χ0n) is 13.0. The van der Waals surface area contributed by atoms with Gasteiger partial charge < -0.3 is 10.2 Å². The minimum absolute atomic E-state index is 0.116. The van der Waals surface area contributed by atoms with E-state index in [9.17, 15) is 10.1 Å². The fraction of sp³-hybridized carbons (Fsp3) is 0.222. The van der Waals surface area contributed by atoms with Crippen molar-refractivity contribution in [3.63, 3.8) is 0 Å². The topological polar surface area (TPSA) is 58.4 Å². The molecule has 1 aliphatic rings. The third-order valence-corrected chi connectivity index (χ3v) is 3.95. The van der Waals surface area contributed by atoms with Crippen LogP contribution < -0.4 is 10.2 Å². The molecule has 0 saturated carbocycles. The van der Waals surface area contributed by atoms with Crippen LogP contribution in [0.15, 0.2) is 54.6 Å². The molecule has 0 aliphatic carbocycles. The first-order chi connectivity index (χ1) is 11.1. The number of anilines is 2. The molecule has 23 heavy (non-hydrogen) atoms. The summed E-state index contributed by atoms with van der Waals surface area (Å²) >= 11 is 0. The predicted molar refractivity (Wildman–Crippen MR) is 93.0 cm³/mol. The number of nitro benzene ring substituents is 1. The normalized spacial score (nSPS) is 13.3. The summed E-state index contributed by atoms with van der Waals surface area (Å²) in [5.74, 6) is 0. The smallest absolute Gasteiger partial charge is 0.292 e. The van der Waals surface area contributed by atoms with Crippen molar-refractivity contribution in [1.82, 2.24) is 0 Å². The largest absolute Gasteiger partial charge is 0.375 e. The van der Waals surface area contributed by atoms with Gasteiger partial charge >= 0.3 is 0 Å². The Bertz CT molecular complexity index is 730. The third kappa shape index (κ3) is 3.51. The standard InChI is InChI=1S/C18H19N3O2/c1-14-4-9-17(18(12-14)21(22)23)19-13-15-5-7-16(8-6-15)20-10-2-3-11-20/h2-9,12,19H,10-11,13H2,1H3. The molecular formula is C18H19N3O2. The lowest BCUT2D eigenvalue weighted by Crippen LogP contribution is -2.18. The van der Waals surface area contributed by atoms with Gasteiger partial charge in [-0.05, 0) is 36.2 Å². The van der Waals surface area contributed by atoms with E-state index < -0.39 is 0 Å². The molecular weight excluding hydrogens is 290 g/mol. The number of rotatable bonds is 5. The van der Waals surface area contributed by atoms with Crippen LogP contribution in [0.25, 0.3) is 0 Å². The van der Waals surface area contributed by atoms with Gasteiger partial charge in [-0.15, -0.1) is 0 Å². The van der Waals surface area contributed by atoms with Crippen LogP contribution in [0, 0.1) is 17.0 Å². The van der Waals surface area contributed by atoms with E-state index in [4.69, 9.17) is 0 Å². The van der Waals surface area contributed by atoms with E-state index >= 15 is 0 Å². The minimum atomic E-state index is -0.348. The van der Waals surface area contributed by atoms with Crippen LogP contribution in [-0.2, 0) is 6.54 Å². The fourth-order valence-corrected chi connectivity index (χ4v) is 2.65. The lowest BCUT2D eigenvalue weighted by atomic mass is 10.1. The van der Waals surface area contributed by atoms with E-state index in [0.717, 1.165) is 24.2 Å². The molecule has 118 valence electrons. The Kier molecular flexibility index (Phi) is 4.28. The molecule has 0 aromatic heterocycles. The molecule has 2 aromatic carbocycles. The molecule has 1 aliphatic heterocycles. The summed E-state index contributed by atoms with van der Waals surface area (Å²) in [6.45, 7) is 4.31. The molecule has 0 bridgehead atoms. The van der Waals surface area contributed by atoms with Crippen molar-refractivity contribution in [2.45, 2.75) is 13.5 Å². The second kappa shape index (κ2) is 6.52. The van der Waals surface area contributed by atoms with E-state index in [1.54, 1.807) is 12.1 Å². The van der Waals surface area contributed by atoms with Gasteiger partial charge in [0.2, 0.25) is 0 Å². The summed E-state index contributed by atoms with van der Waals surface area (Å²) in [7, 11) is 0. The number of nitrogens with one attached hydrogen (secondary N) is 1. The van der Waals surface area contributed by atoms with Gasteiger partial charge in [0.1, 0.15) is 5.69 Å². The van der Waals surface area contributed by atoms with E-state index in [0.29, 0.717) is 12.2 Å². The Balaban J connectivity index is 1.67. The number of benzene rings is 2. The number of aryl methyl sites for hydroxylation is 1. The van der Waals surface area contributed by atoms with Gasteiger partial charge in [0.15, 0.2) is 0 Å². The maximum absolute atomic E-state index is 11.1. The zero-order chi connectivity index (χ0) is 16.2. The van der Waals surface area contributed by atoms with E-state index in [2.05, 4.69) is 46.6 Å². The molecule has 5 heteroatoms. The van der Waals surface area contributed by atoms with Crippen LogP contribution in [-0.4, -0.2) is 18.0 Å². The fourth-order valence-electron chi connectivity index (χ4n) is 2.65. The number of hydrogen-bond acceptors (Lipinski definition) is 4. The highest BCUT2D eigenvalue weighted by atomic mass is 16.6. The Morgan fingerprint density at radius 3 is 2.48 bits per heavy atom. The zero-order valence-corrected chi connectivity index (χ0v) is 13.0. The molecule has 0 radical (unpaired) electrons. The molecule has 2 aromatic rings. The molecule has 0 fully saturated rings. The van der Waals surface area contributed by atoms with Crippen molar-refractivity contribution < 1.29 is 4.92 Å².